The van der Waals surface area contributed by atoms with Crippen LogP contribution in [0.25, 0.3) is 0 Å². The lowest BCUT2D eigenvalue weighted by atomic mass is 10.0. The topological polar surface area (TPSA) is 66.9 Å². The summed E-state index contributed by atoms with van der Waals surface area (Å²) in [6.45, 7) is 10.4. The first-order chi connectivity index (χ1) is 10.3. The molecule has 2 fully saturated rings. The molecule has 2 saturated heterocycles. The van der Waals surface area contributed by atoms with E-state index in [1.54, 1.807) is 4.90 Å². The fourth-order valence-electron chi connectivity index (χ4n) is 3.38. The van der Waals surface area contributed by atoms with Gasteiger partial charge in [0.05, 0.1) is 19.0 Å². The molecule has 0 aromatic rings. The molecule has 1 amide bonds. The summed E-state index contributed by atoms with van der Waals surface area (Å²) < 4.78 is 29.4. The maximum atomic E-state index is 12.3. The second kappa shape index (κ2) is 7.27. The molecular formula is C15H28N2O4S. The van der Waals surface area contributed by atoms with E-state index in [0.29, 0.717) is 25.0 Å². The van der Waals surface area contributed by atoms with Crippen LogP contribution in [0.15, 0.2) is 0 Å². The molecule has 2 atom stereocenters. The van der Waals surface area contributed by atoms with Crippen LogP contribution in [0.1, 0.15) is 20.8 Å². The van der Waals surface area contributed by atoms with Crippen LogP contribution in [-0.2, 0) is 19.4 Å². The van der Waals surface area contributed by atoms with Crippen molar-refractivity contribution in [3.8, 4) is 0 Å². The maximum Gasteiger partial charge on any atom is 0.237 e. The fourth-order valence-corrected chi connectivity index (χ4v) is 5.08. The Morgan fingerprint density at radius 2 is 1.86 bits per heavy atom. The van der Waals surface area contributed by atoms with Gasteiger partial charge in [-0.25, -0.2) is 8.42 Å². The SMILES string of the molecule is CC(C)CS(=O)(=O)CC(=O)N1C[C@@H](C)[C@@H](N2CCOCC2)C1. The van der Waals surface area contributed by atoms with Crippen molar-refractivity contribution in [2.45, 2.75) is 26.8 Å². The second-order valence-corrected chi connectivity index (χ2v) is 9.05. The summed E-state index contributed by atoms with van der Waals surface area (Å²) in [7, 11) is -3.30. The van der Waals surface area contributed by atoms with Crippen LogP contribution in [0.3, 0.4) is 0 Å². The molecule has 0 bridgehead atoms. The molecular weight excluding hydrogens is 304 g/mol. The minimum absolute atomic E-state index is 0.0522. The van der Waals surface area contributed by atoms with Gasteiger partial charge in [-0.15, -0.1) is 0 Å². The van der Waals surface area contributed by atoms with Crippen molar-refractivity contribution in [2.24, 2.45) is 11.8 Å². The average Bonchev–Trinajstić information content (AvgIpc) is 2.80. The normalized spacial score (nSPS) is 27.5. The molecule has 0 aliphatic carbocycles. The van der Waals surface area contributed by atoms with E-state index in [4.69, 9.17) is 4.74 Å². The molecule has 7 heteroatoms. The highest BCUT2D eigenvalue weighted by atomic mass is 32.2. The van der Waals surface area contributed by atoms with Gasteiger partial charge in [-0.05, 0) is 11.8 Å². The summed E-state index contributed by atoms with van der Waals surface area (Å²) in [5, 5.41) is 0. The van der Waals surface area contributed by atoms with Gasteiger partial charge in [0.1, 0.15) is 5.75 Å². The summed E-state index contributed by atoms with van der Waals surface area (Å²) in [5.74, 6) is -0.0996. The first-order valence-corrected chi connectivity index (χ1v) is 9.90. The smallest absolute Gasteiger partial charge is 0.237 e. The third kappa shape index (κ3) is 4.67. The lowest BCUT2D eigenvalue weighted by Crippen LogP contribution is -2.47. The molecule has 128 valence electrons. The third-order valence-corrected chi connectivity index (χ3v) is 6.23. The van der Waals surface area contributed by atoms with E-state index in [-0.39, 0.29) is 23.3 Å². The number of sulfone groups is 1. The van der Waals surface area contributed by atoms with Crippen LogP contribution in [0.2, 0.25) is 0 Å². The van der Waals surface area contributed by atoms with Gasteiger partial charge in [0.2, 0.25) is 5.91 Å². The van der Waals surface area contributed by atoms with E-state index in [1.807, 2.05) is 13.8 Å². The molecule has 2 rings (SSSR count). The molecule has 0 aromatic heterocycles. The molecule has 0 aromatic carbocycles. The quantitative estimate of drug-likeness (QED) is 0.721. The first kappa shape index (κ1) is 17.7. The Hall–Kier alpha value is -0.660. The first-order valence-electron chi connectivity index (χ1n) is 8.08. The molecule has 0 N–H and O–H groups in total. The highest BCUT2D eigenvalue weighted by molar-refractivity contribution is 7.92. The van der Waals surface area contributed by atoms with Crippen LogP contribution in [0, 0.1) is 11.8 Å². The van der Waals surface area contributed by atoms with Crippen molar-refractivity contribution in [3.05, 3.63) is 0 Å². The van der Waals surface area contributed by atoms with E-state index < -0.39 is 9.84 Å². The van der Waals surface area contributed by atoms with Crippen LogP contribution in [0.5, 0.6) is 0 Å². The van der Waals surface area contributed by atoms with Gasteiger partial charge >= 0.3 is 0 Å². The molecule has 2 aliphatic heterocycles. The molecule has 0 spiro atoms. The Morgan fingerprint density at radius 1 is 1.23 bits per heavy atom. The number of carbonyl (C=O) groups excluding carboxylic acids is 1. The van der Waals surface area contributed by atoms with Crippen molar-refractivity contribution in [2.75, 3.05) is 50.9 Å². The van der Waals surface area contributed by atoms with Crippen LogP contribution >= 0.6 is 0 Å². The summed E-state index contributed by atoms with van der Waals surface area (Å²) in [4.78, 5) is 16.4. The molecule has 22 heavy (non-hydrogen) atoms. The Kier molecular flexibility index (Phi) is 5.85. The minimum atomic E-state index is -3.30. The predicted molar refractivity (Wildman–Crippen MR) is 85.4 cm³/mol. The van der Waals surface area contributed by atoms with Crippen LogP contribution < -0.4 is 0 Å². The van der Waals surface area contributed by atoms with Gasteiger partial charge in [0.25, 0.3) is 0 Å². The fraction of sp³-hybridized carbons (Fsp3) is 0.933. The van der Waals surface area contributed by atoms with Crippen molar-refractivity contribution >= 4 is 15.7 Å². The monoisotopic (exact) mass is 332 g/mol. The molecule has 0 saturated carbocycles. The largest absolute Gasteiger partial charge is 0.379 e. The van der Waals surface area contributed by atoms with Crippen molar-refractivity contribution < 1.29 is 17.9 Å². The van der Waals surface area contributed by atoms with Gasteiger partial charge in [0.15, 0.2) is 9.84 Å². The molecule has 2 heterocycles. The molecule has 0 unspecified atom stereocenters. The summed E-state index contributed by atoms with van der Waals surface area (Å²) >= 11 is 0. The van der Waals surface area contributed by atoms with E-state index in [2.05, 4.69) is 11.8 Å². The van der Waals surface area contributed by atoms with E-state index in [9.17, 15) is 13.2 Å². The van der Waals surface area contributed by atoms with Gasteiger partial charge in [-0.2, -0.15) is 0 Å². The van der Waals surface area contributed by atoms with E-state index in [0.717, 1.165) is 26.3 Å². The zero-order chi connectivity index (χ0) is 16.3. The third-order valence-electron chi connectivity index (χ3n) is 4.37. The zero-order valence-corrected chi connectivity index (χ0v) is 14.6. The lowest BCUT2D eigenvalue weighted by molar-refractivity contribution is -0.127. The lowest BCUT2D eigenvalue weighted by Gasteiger charge is -2.33. The predicted octanol–water partition coefficient (Wildman–Crippen LogP) is 0.236. The van der Waals surface area contributed by atoms with E-state index in [1.165, 1.54) is 0 Å². The average molecular weight is 332 g/mol. The number of amides is 1. The van der Waals surface area contributed by atoms with Crippen LogP contribution in [-0.4, -0.2) is 81.1 Å². The Balaban J connectivity index is 1.92. The van der Waals surface area contributed by atoms with Gasteiger partial charge in [0, 0.05) is 32.2 Å². The number of likely N-dealkylation sites (tertiary alicyclic amines) is 1. The van der Waals surface area contributed by atoms with Crippen LogP contribution in [0.4, 0.5) is 0 Å². The number of hydrogen-bond acceptors (Lipinski definition) is 5. The number of ether oxygens (including phenoxy) is 1. The Morgan fingerprint density at radius 3 is 2.45 bits per heavy atom. The molecule has 6 nitrogen and oxygen atoms in total. The molecule has 0 radical (unpaired) electrons. The number of morpholine rings is 1. The summed E-state index contributed by atoms with van der Waals surface area (Å²) in [6, 6.07) is 0.320. The summed E-state index contributed by atoms with van der Waals surface area (Å²) in [5.41, 5.74) is 0. The standard InChI is InChI=1S/C15H28N2O4S/c1-12(2)10-22(19,20)11-15(18)17-8-13(3)14(9-17)16-4-6-21-7-5-16/h12-14H,4-11H2,1-3H3/t13-,14+/m1/s1. The van der Waals surface area contributed by atoms with Crippen molar-refractivity contribution in [3.63, 3.8) is 0 Å². The van der Waals surface area contributed by atoms with Crippen molar-refractivity contribution in [1.82, 2.24) is 9.80 Å². The number of nitrogens with zero attached hydrogens (tertiary/aromatic N) is 2. The maximum absolute atomic E-state index is 12.3. The molecule has 2 aliphatic rings. The Bertz CT molecular complexity index is 486. The second-order valence-electron chi connectivity index (χ2n) is 6.94. The van der Waals surface area contributed by atoms with Gasteiger partial charge in [-0.3, -0.25) is 9.69 Å². The van der Waals surface area contributed by atoms with E-state index >= 15 is 0 Å². The highest BCUT2D eigenvalue weighted by Gasteiger charge is 2.37. The number of rotatable bonds is 5. The summed E-state index contributed by atoms with van der Waals surface area (Å²) in [6.07, 6.45) is 0. The Labute approximate surface area is 133 Å². The number of hydrogen-bond donors (Lipinski definition) is 0. The van der Waals surface area contributed by atoms with Crippen molar-refractivity contribution in [1.29, 1.82) is 0 Å². The van der Waals surface area contributed by atoms with Gasteiger partial charge < -0.3 is 9.64 Å². The number of carbonyl (C=O) groups is 1. The minimum Gasteiger partial charge on any atom is -0.379 e. The van der Waals surface area contributed by atoms with Gasteiger partial charge in [-0.1, -0.05) is 20.8 Å². The zero-order valence-electron chi connectivity index (χ0n) is 13.8. The highest BCUT2D eigenvalue weighted by Crippen LogP contribution is 2.23.